The minimum absolute atomic E-state index is 0.0125. The number of aromatic amines is 1. The number of hydrogen-bond donors (Lipinski definition) is 8. The summed E-state index contributed by atoms with van der Waals surface area (Å²) < 4.78 is 64.2. The van der Waals surface area contributed by atoms with Gasteiger partial charge in [0, 0.05) is 36.0 Å². The highest BCUT2D eigenvalue weighted by atomic mass is 32.2. The van der Waals surface area contributed by atoms with E-state index in [1.165, 1.54) is 17.2 Å². The topological polar surface area (TPSA) is 347 Å². The van der Waals surface area contributed by atoms with Gasteiger partial charge in [-0.25, -0.2) is 15.0 Å². The fraction of sp³-hybridized carbons (Fsp3) is 0.500. The minimum atomic E-state index is -4.02. The summed E-state index contributed by atoms with van der Waals surface area (Å²) in [5.41, 5.74) is 14.1. The second-order valence-electron chi connectivity index (χ2n) is 12.0. The number of nitrogens with two attached hydrogens (primary N) is 2. The van der Waals surface area contributed by atoms with Crippen molar-refractivity contribution < 1.29 is 60.7 Å². The van der Waals surface area contributed by atoms with Crippen LogP contribution in [0.15, 0.2) is 43.1 Å². The summed E-state index contributed by atoms with van der Waals surface area (Å²) >= 11 is 0. The van der Waals surface area contributed by atoms with Crippen LogP contribution in [0.3, 0.4) is 0 Å². The highest BCUT2D eigenvalue weighted by Gasteiger charge is 2.46. The average Bonchev–Trinajstić information content (AvgIpc) is 3.77. The highest BCUT2D eigenvalue weighted by Crippen LogP contribution is 2.32. The van der Waals surface area contributed by atoms with Crippen LogP contribution < -0.4 is 16.6 Å². The first-order chi connectivity index (χ1) is 24.8. The van der Waals surface area contributed by atoms with E-state index in [1.807, 2.05) is 36.7 Å². The lowest BCUT2D eigenvalue weighted by molar-refractivity contribution is -0.307. The minimum Gasteiger partial charge on any atom is -0.548 e. The first-order valence-corrected chi connectivity index (χ1v) is 21.1. The normalized spacial score (nSPS) is 19.9. The number of carbonyl (C=O) groups is 2. The predicted octanol–water partition coefficient (Wildman–Crippen LogP) is -1.53. The summed E-state index contributed by atoms with van der Waals surface area (Å²) in [5.74, 6) is -1.78. The van der Waals surface area contributed by atoms with Crippen LogP contribution in [-0.4, -0.2) is 131 Å². The number of aromatic nitrogens is 5. The fourth-order valence-electron chi connectivity index (χ4n) is 5.11. The summed E-state index contributed by atoms with van der Waals surface area (Å²) in [6.07, 6.45) is 3.84. The third kappa shape index (κ3) is 13.8. The lowest BCUT2D eigenvalue weighted by atomic mass is 10.1. The molecular formula is C30H43N7O13S3. The number of H-pyrrole nitrogens is 1. The maximum absolute atomic E-state index is 10.7. The quantitative estimate of drug-likeness (QED) is 0.0384. The molecule has 0 saturated carbocycles. The van der Waals surface area contributed by atoms with Crippen LogP contribution in [0.1, 0.15) is 37.5 Å². The Kier molecular flexibility index (Phi) is 15.9. The Bertz CT molecular complexity index is 2010. The van der Waals surface area contributed by atoms with Crippen molar-refractivity contribution in [3.8, 4) is 0 Å². The first-order valence-electron chi connectivity index (χ1n) is 15.9. The standard InChI is InChI=1S/C15H22N6O5S.C11H11NO2.C4H10O6S2/c1-27(3-2-7(16)15(24)25)4-8-10(22)11(23)14(26-8)21-6-20-9-12(17)18-5-19-13(9)21;13-11(14)6-5-8-7-12-10-4-2-1-3-9(8)10;5-11(6,7)3-1-2-4-12(8,9)10/h5-8,10-11,14,22-23H,2-4,16H2,1H3,(H2-,17,18,19,24,25);1-4,7,12H,5-6H2,(H,13,14);1-4H2,(H,5,6,7)(H,8,9,10)/t7-,8+,10+,11+,14+,27?;;/m0../s1. The molecule has 4 aromatic rings. The number of ether oxygens (including phenoxy) is 1. The summed E-state index contributed by atoms with van der Waals surface area (Å²) in [5, 5.41) is 41.2. The number of fused-ring (bicyclic) bond motifs is 2. The Balaban J connectivity index is 0.000000243. The number of nitrogens with one attached hydrogen (secondary N) is 1. The molecule has 1 fully saturated rings. The van der Waals surface area contributed by atoms with E-state index in [0.717, 1.165) is 16.5 Å². The molecular weight excluding hydrogens is 763 g/mol. The second kappa shape index (κ2) is 19.4. The van der Waals surface area contributed by atoms with Gasteiger partial charge in [0.1, 0.15) is 41.7 Å². The number of para-hydroxylation sites is 1. The average molecular weight is 806 g/mol. The zero-order valence-corrected chi connectivity index (χ0v) is 30.9. The van der Waals surface area contributed by atoms with Crippen molar-refractivity contribution in [2.24, 2.45) is 5.73 Å². The number of nitrogen functional groups attached to an aromatic ring is 1. The number of imidazole rings is 1. The van der Waals surface area contributed by atoms with Crippen LogP contribution in [0.4, 0.5) is 5.82 Å². The Hall–Kier alpha value is -3.94. The van der Waals surface area contributed by atoms with Crippen molar-refractivity contribution in [1.29, 1.82) is 0 Å². The molecule has 10 N–H and O–H groups in total. The van der Waals surface area contributed by atoms with Gasteiger partial charge in [-0.1, -0.05) is 18.2 Å². The van der Waals surface area contributed by atoms with E-state index in [1.54, 1.807) is 0 Å². The van der Waals surface area contributed by atoms with Gasteiger partial charge in [0.2, 0.25) is 0 Å². The second-order valence-corrected chi connectivity index (χ2v) is 17.5. The van der Waals surface area contributed by atoms with Gasteiger partial charge in [-0.15, -0.1) is 0 Å². The number of aliphatic hydroxyl groups excluding tert-OH is 2. The molecule has 53 heavy (non-hydrogen) atoms. The molecule has 5 rings (SSSR count). The number of aliphatic carboxylic acids is 2. The number of rotatable bonds is 15. The van der Waals surface area contributed by atoms with Gasteiger partial charge < -0.3 is 46.4 Å². The Morgan fingerprint density at radius 1 is 1.06 bits per heavy atom. The molecule has 0 spiro atoms. The molecule has 23 heteroatoms. The summed E-state index contributed by atoms with van der Waals surface area (Å²) in [7, 11) is -8.30. The van der Waals surface area contributed by atoms with Crippen molar-refractivity contribution in [3.05, 3.63) is 48.7 Å². The molecule has 0 radical (unpaired) electrons. The van der Waals surface area contributed by atoms with Gasteiger partial charge in [-0.2, -0.15) is 16.8 Å². The molecule has 1 aliphatic heterocycles. The van der Waals surface area contributed by atoms with Gasteiger partial charge in [-0.05, 0) is 41.8 Å². The van der Waals surface area contributed by atoms with Crippen LogP contribution in [-0.2, 0) is 51.9 Å². The van der Waals surface area contributed by atoms with E-state index in [2.05, 4.69) is 19.9 Å². The Morgan fingerprint density at radius 2 is 1.70 bits per heavy atom. The Morgan fingerprint density at radius 3 is 2.30 bits per heavy atom. The molecule has 1 aliphatic rings. The van der Waals surface area contributed by atoms with E-state index in [-0.39, 0.29) is 42.4 Å². The summed E-state index contributed by atoms with van der Waals surface area (Å²) in [6, 6.07) is 6.89. The lowest BCUT2D eigenvalue weighted by Crippen LogP contribution is -2.43. The third-order valence-electron chi connectivity index (χ3n) is 7.86. The number of aliphatic hydroxyl groups is 2. The number of carbonyl (C=O) groups excluding carboxylic acids is 1. The molecule has 20 nitrogen and oxygen atoms in total. The number of carboxylic acids is 2. The number of anilines is 1. The van der Waals surface area contributed by atoms with E-state index in [4.69, 9.17) is 30.4 Å². The van der Waals surface area contributed by atoms with Crippen LogP contribution in [0, 0.1) is 0 Å². The summed E-state index contributed by atoms with van der Waals surface area (Å²) in [6.45, 7) is 0. The van der Waals surface area contributed by atoms with Gasteiger partial charge in [0.15, 0.2) is 17.7 Å². The molecule has 1 aromatic carbocycles. The van der Waals surface area contributed by atoms with Gasteiger partial charge in [-0.3, -0.25) is 18.5 Å². The van der Waals surface area contributed by atoms with Crippen LogP contribution in [0.25, 0.3) is 22.1 Å². The number of unbranched alkanes of at least 4 members (excludes halogenated alkanes) is 1. The molecule has 294 valence electrons. The number of carboxylic acid groups (broad SMARTS) is 2. The third-order valence-corrected chi connectivity index (χ3v) is 11.3. The molecule has 0 amide bonds. The van der Waals surface area contributed by atoms with E-state index >= 15 is 0 Å². The number of aryl methyl sites for hydroxylation is 1. The number of hydrogen-bond acceptors (Lipinski definition) is 15. The van der Waals surface area contributed by atoms with Gasteiger partial charge in [0.25, 0.3) is 20.2 Å². The lowest BCUT2D eigenvalue weighted by Gasteiger charge is -2.16. The monoisotopic (exact) mass is 805 g/mol. The molecule has 4 heterocycles. The van der Waals surface area contributed by atoms with Crippen LogP contribution in [0.2, 0.25) is 0 Å². The van der Waals surface area contributed by atoms with E-state index in [9.17, 15) is 41.7 Å². The van der Waals surface area contributed by atoms with Gasteiger partial charge in [0.05, 0.1) is 30.1 Å². The van der Waals surface area contributed by atoms with Crippen molar-refractivity contribution >= 4 is 71.0 Å². The molecule has 1 unspecified atom stereocenters. The van der Waals surface area contributed by atoms with E-state index < -0.39 is 74.3 Å². The number of benzene rings is 1. The SMILES string of the molecule is C[S+](CC[C@H](N)C(=O)[O-])C[C@H]1O[C@@H](n2cnc3c(N)ncnc32)[C@H](O)[C@@H]1O.O=C(O)CCc1c[nH]c2ccccc12.O=S(=O)(O)CCCCS(=O)(=O)O. The van der Waals surface area contributed by atoms with Crippen molar-refractivity contribution in [1.82, 2.24) is 24.5 Å². The van der Waals surface area contributed by atoms with Gasteiger partial charge >= 0.3 is 5.97 Å². The molecule has 6 atom stereocenters. The summed E-state index contributed by atoms with van der Waals surface area (Å²) in [4.78, 5) is 36.4. The van der Waals surface area contributed by atoms with E-state index in [0.29, 0.717) is 29.1 Å². The molecule has 3 aromatic heterocycles. The first kappa shape index (κ1) is 43.5. The zero-order valence-electron chi connectivity index (χ0n) is 28.5. The fourth-order valence-corrected chi connectivity index (χ4v) is 7.91. The predicted molar refractivity (Wildman–Crippen MR) is 193 cm³/mol. The maximum Gasteiger partial charge on any atom is 0.303 e. The van der Waals surface area contributed by atoms with Crippen molar-refractivity contribution in [2.75, 3.05) is 35.0 Å². The smallest absolute Gasteiger partial charge is 0.303 e. The molecule has 0 aliphatic carbocycles. The zero-order chi connectivity index (χ0) is 39.5. The van der Waals surface area contributed by atoms with Crippen molar-refractivity contribution in [3.63, 3.8) is 0 Å². The van der Waals surface area contributed by atoms with Crippen molar-refractivity contribution in [2.45, 2.75) is 62.7 Å². The number of nitrogens with zero attached hydrogens (tertiary/aromatic N) is 4. The molecule has 0 bridgehead atoms. The molecule has 1 saturated heterocycles. The maximum atomic E-state index is 10.7. The van der Waals surface area contributed by atoms with Crippen LogP contribution in [0.5, 0.6) is 0 Å². The van der Waals surface area contributed by atoms with Crippen LogP contribution >= 0.6 is 0 Å². The largest absolute Gasteiger partial charge is 0.548 e. The highest BCUT2D eigenvalue weighted by molar-refractivity contribution is 7.96. The Labute approximate surface area is 307 Å².